The van der Waals surface area contributed by atoms with Crippen LogP contribution in [0.3, 0.4) is 0 Å². The number of nitrogen functional groups attached to an aromatic ring is 1. The van der Waals surface area contributed by atoms with Crippen molar-refractivity contribution < 1.29 is 0 Å². The minimum Gasteiger partial charge on any atom is -0.368 e. The van der Waals surface area contributed by atoms with E-state index in [1.54, 1.807) is 22.7 Å². The zero-order valence-electron chi connectivity index (χ0n) is 10.4. The van der Waals surface area contributed by atoms with Crippen LogP contribution in [0.15, 0.2) is 15.4 Å². The molecule has 3 rings (SSSR count). The van der Waals surface area contributed by atoms with Gasteiger partial charge in [-0.25, -0.2) is 9.97 Å². The molecular weight excluding hydrogens is 298 g/mol. The van der Waals surface area contributed by atoms with Gasteiger partial charge in [-0.05, 0) is 31.2 Å². The summed E-state index contributed by atoms with van der Waals surface area (Å²) >= 11 is 4.71. The zero-order valence-corrected chi connectivity index (χ0v) is 12.8. The van der Waals surface area contributed by atoms with Crippen molar-refractivity contribution in [2.75, 3.05) is 5.73 Å². The summed E-state index contributed by atoms with van der Waals surface area (Å²) in [6.45, 7) is 4.06. The fourth-order valence-electron chi connectivity index (χ4n) is 1.62. The van der Waals surface area contributed by atoms with Crippen molar-refractivity contribution in [3.8, 4) is 0 Å². The molecular formula is C11H11N5S3. The smallest absolute Gasteiger partial charge is 0.222 e. The number of hydrogen-bond acceptors (Lipinski definition) is 8. The molecule has 0 spiro atoms. The number of thiophene rings is 1. The highest BCUT2D eigenvalue weighted by molar-refractivity contribution is 8.01. The molecule has 2 N–H and O–H groups in total. The summed E-state index contributed by atoms with van der Waals surface area (Å²) < 4.78 is 0.876. The minimum absolute atomic E-state index is 0.306. The molecule has 0 fully saturated rings. The molecule has 0 radical (unpaired) electrons. The quantitative estimate of drug-likeness (QED) is 0.749. The maximum atomic E-state index is 5.77. The molecule has 0 atom stereocenters. The molecule has 0 saturated heterocycles. The maximum Gasteiger partial charge on any atom is 0.222 e. The van der Waals surface area contributed by atoms with Crippen LogP contribution >= 0.6 is 34.4 Å². The number of hydrogen-bond donors (Lipinski definition) is 1. The van der Waals surface area contributed by atoms with Crippen LogP contribution in [0.2, 0.25) is 0 Å². The van der Waals surface area contributed by atoms with E-state index in [1.807, 2.05) is 6.92 Å². The van der Waals surface area contributed by atoms with Crippen LogP contribution in [-0.2, 0) is 6.42 Å². The molecule has 0 aliphatic carbocycles. The number of aryl methyl sites for hydroxylation is 2. The van der Waals surface area contributed by atoms with E-state index in [2.05, 4.69) is 33.2 Å². The summed E-state index contributed by atoms with van der Waals surface area (Å²) in [5, 5.41) is 11.0. The van der Waals surface area contributed by atoms with E-state index in [0.717, 1.165) is 31.0 Å². The lowest BCUT2D eigenvalue weighted by atomic mass is 10.3. The largest absolute Gasteiger partial charge is 0.368 e. The van der Waals surface area contributed by atoms with E-state index < -0.39 is 0 Å². The van der Waals surface area contributed by atoms with Crippen LogP contribution < -0.4 is 5.73 Å². The molecule has 5 nitrogen and oxygen atoms in total. The fraction of sp³-hybridized carbons (Fsp3) is 0.273. The zero-order chi connectivity index (χ0) is 13.4. The second-order valence-corrected chi connectivity index (χ2v) is 7.39. The Morgan fingerprint density at radius 3 is 2.79 bits per heavy atom. The van der Waals surface area contributed by atoms with Gasteiger partial charge in [-0.1, -0.05) is 18.3 Å². The van der Waals surface area contributed by atoms with Gasteiger partial charge in [0, 0.05) is 10.3 Å². The van der Waals surface area contributed by atoms with Gasteiger partial charge in [-0.3, -0.25) is 0 Å². The summed E-state index contributed by atoms with van der Waals surface area (Å²) in [4.78, 5) is 10.8. The molecule has 0 aromatic carbocycles. The van der Waals surface area contributed by atoms with Crippen LogP contribution in [0, 0.1) is 6.92 Å². The molecule has 3 heterocycles. The van der Waals surface area contributed by atoms with E-state index in [4.69, 9.17) is 5.73 Å². The van der Waals surface area contributed by atoms with Crippen molar-refractivity contribution in [2.45, 2.75) is 29.6 Å². The molecule has 0 bridgehead atoms. The average molecular weight is 309 g/mol. The van der Waals surface area contributed by atoms with Crippen LogP contribution in [0.4, 0.5) is 5.95 Å². The standard InChI is InChI=1S/C11H11N5S3/c1-3-6-4-7-8(18-6)13-10(12)14-9(7)19-11-16-15-5(2)17-11/h4H,3H2,1-2H3,(H2,12,13,14). The SMILES string of the molecule is CCc1cc2c(Sc3nnc(C)s3)nc(N)nc2s1. The molecule has 0 aliphatic heterocycles. The Labute approximate surface area is 122 Å². The average Bonchev–Trinajstić information content (AvgIpc) is 2.95. The van der Waals surface area contributed by atoms with Crippen molar-refractivity contribution in [3.05, 3.63) is 16.0 Å². The molecule has 0 saturated carbocycles. The van der Waals surface area contributed by atoms with Gasteiger partial charge in [0.25, 0.3) is 0 Å². The Bertz CT molecular complexity index is 733. The normalized spacial score (nSPS) is 11.3. The molecule has 19 heavy (non-hydrogen) atoms. The molecule has 0 unspecified atom stereocenters. The van der Waals surface area contributed by atoms with Gasteiger partial charge < -0.3 is 5.73 Å². The lowest BCUT2D eigenvalue weighted by Gasteiger charge is -1.99. The van der Waals surface area contributed by atoms with E-state index in [0.29, 0.717) is 5.95 Å². The number of nitrogens with zero attached hydrogens (tertiary/aromatic N) is 4. The van der Waals surface area contributed by atoms with E-state index >= 15 is 0 Å². The van der Waals surface area contributed by atoms with Crippen molar-refractivity contribution in [1.29, 1.82) is 0 Å². The highest BCUT2D eigenvalue weighted by atomic mass is 32.2. The fourth-order valence-corrected chi connectivity index (χ4v) is 4.49. The monoisotopic (exact) mass is 309 g/mol. The summed E-state index contributed by atoms with van der Waals surface area (Å²) in [7, 11) is 0. The third kappa shape index (κ3) is 2.56. The Morgan fingerprint density at radius 2 is 2.11 bits per heavy atom. The molecule has 98 valence electrons. The number of aromatic nitrogens is 4. The summed E-state index contributed by atoms with van der Waals surface area (Å²) in [6, 6.07) is 2.13. The maximum absolute atomic E-state index is 5.77. The van der Waals surface area contributed by atoms with Gasteiger partial charge in [0.15, 0.2) is 4.34 Å². The van der Waals surface area contributed by atoms with Crippen molar-refractivity contribution in [3.63, 3.8) is 0 Å². The first-order chi connectivity index (χ1) is 9.15. The highest BCUT2D eigenvalue weighted by Gasteiger charge is 2.13. The van der Waals surface area contributed by atoms with Crippen LogP contribution in [-0.4, -0.2) is 20.2 Å². The minimum atomic E-state index is 0.306. The Hall–Kier alpha value is -1.25. The van der Waals surface area contributed by atoms with Crippen molar-refractivity contribution in [1.82, 2.24) is 20.2 Å². The van der Waals surface area contributed by atoms with Crippen molar-refractivity contribution >= 4 is 50.6 Å². The number of nitrogens with two attached hydrogens (primary N) is 1. The second kappa shape index (κ2) is 5.03. The number of fused-ring (bicyclic) bond motifs is 1. The second-order valence-electron chi connectivity index (χ2n) is 3.86. The number of rotatable bonds is 3. The lowest BCUT2D eigenvalue weighted by molar-refractivity contribution is 0.981. The summed E-state index contributed by atoms with van der Waals surface area (Å²) in [5.41, 5.74) is 5.77. The third-order valence-electron chi connectivity index (χ3n) is 2.47. The van der Waals surface area contributed by atoms with E-state index in [9.17, 15) is 0 Å². The van der Waals surface area contributed by atoms with Crippen LogP contribution in [0.1, 0.15) is 16.8 Å². The van der Waals surface area contributed by atoms with Gasteiger partial charge >= 0.3 is 0 Å². The number of anilines is 1. The topological polar surface area (TPSA) is 77.6 Å². The first kappa shape index (κ1) is 12.8. The predicted octanol–water partition coefficient (Wildman–Crippen LogP) is 3.15. The summed E-state index contributed by atoms with van der Waals surface area (Å²) in [6.07, 6.45) is 0.989. The molecule has 3 aromatic rings. The third-order valence-corrected chi connectivity index (χ3v) is 5.53. The van der Waals surface area contributed by atoms with Crippen LogP contribution in [0.5, 0.6) is 0 Å². The first-order valence-electron chi connectivity index (χ1n) is 5.69. The van der Waals surface area contributed by atoms with E-state index in [1.165, 1.54) is 16.6 Å². The Balaban J connectivity index is 2.08. The lowest BCUT2D eigenvalue weighted by Crippen LogP contribution is -1.95. The van der Waals surface area contributed by atoms with Gasteiger partial charge in [-0.15, -0.1) is 21.5 Å². The Kier molecular flexibility index (Phi) is 3.38. The first-order valence-corrected chi connectivity index (χ1v) is 8.14. The van der Waals surface area contributed by atoms with Gasteiger partial charge in [-0.2, -0.15) is 0 Å². The van der Waals surface area contributed by atoms with Gasteiger partial charge in [0.05, 0.1) is 0 Å². The molecule has 0 amide bonds. The highest BCUT2D eigenvalue weighted by Crippen LogP contribution is 2.36. The molecule has 0 aliphatic rings. The molecule has 8 heteroatoms. The van der Waals surface area contributed by atoms with Crippen LogP contribution in [0.25, 0.3) is 10.2 Å². The molecule has 3 aromatic heterocycles. The summed E-state index contributed by atoms with van der Waals surface area (Å²) in [5.74, 6) is 0.306. The predicted molar refractivity (Wildman–Crippen MR) is 80.0 cm³/mol. The van der Waals surface area contributed by atoms with Gasteiger partial charge in [0.1, 0.15) is 14.9 Å². The Morgan fingerprint density at radius 1 is 1.26 bits per heavy atom. The van der Waals surface area contributed by atoms with E-state index in [-0.39, 0.29) is 0 Å². The van der Waals surface area contributed by atoms with Crippen molar-refractivity contribution in [2.24, 2.45) is 0 Å². The van der Waals surface area contributed by atoms with Gasteiger partial charge in [0.2, 0.25) is 5.95 Å².